The number of aliphatic imine (C=N–C) groups is 1. The SMILES string of the molecule is CN=C(NCCOc1cccc(OC)c1)NCc1ccccc1. The first-order valence-corrected chi connectivity index (χ1v) is 7.57. The summed E-state index contributed by atoms with van der Waals surface area (Å²) in [7, 11) is 3.40. The minimum absolute atomic E-state index is 0.541. The summed E-state index contributed by atoms with van der Waals surface area (Å²) < 4.78 is 10.8. The van der Waals surface area contributed by atoms with E-state index in [-0.39, 0.29) is 0 Å². The van der Waals surface area contributed by atoms with Crippen LogP contribution in [0, 0.1) is 0 Å². The topological polar surface area (TPSA) is 54.9 Å². The smallest absolute Gasteiger partial charge is 0.191 e. The molecule has 0 heterocycles. The molecule has 0 bridgehead atoms. The van der Waals surface area contributed by atoms with Crippen molar-refractivity contribution < 1.29 is 9.47 Å². The third-order valence-electron chi connectivity index (χ3n) is 3.23. The molecule has 122 valence electrons. The van der Waals surface area contributed by atoms with Gasteiger partial charge < -0.3 is 20.1 Å². The normalized spacial score (nSPS) is 11.0. The molecule has 5 nitrogen and oxygen atoms in total. The van der Waals surface area contributed by atoms with Crippen LogP contribution in [0.1, 0.15) is 5.56 Å². The predicted octanol–water partition coefficient (Wildman–Crippen LogP) is 2.44. The zero-order chi connectivity index (χ0) is 16.3. The first kappa shape index (κ1) is 16.7. The molecule has 0 spiro atoms. The van der Waals surface area contributed by atoms with Crippen LogP contribution >= 0.6 is 0 Å². The van der Waals surface area contributed by atoms with Gasteiger partial charge in [-0.1, -0.05) is 36.4 Å². The van der Waals surface area contributed by atoms with E-state index in [9.17, 15) is 0 Å². The highest BCUT2D eigenvalue weighted by Gasteiger charge is 1.99. The Balaban J connectivity index is 1.69. The monoisotopic (exact) mass is 313 g/mol. The number of nitrogens with zero attached hydrogens (tertiary/aromatic N) is 1. The van der Waals surface area contributed by atoms with Gasteiger partial charge in [0.15, 0.2) is 5.96 Å². The molecule has 0 aliphatic rings. The zero-order valence-corrected chi connectivity index (χ0v) is 13.6. The van der Waals surface area contributed by atoms with Crippen molar-refractivity contribution >= 4 is 5.96 Å². The van der Waals surface area contributed by atoms with Crippen molar-refractivity contribution in [1.29, 1.82) is 0 Å². The second-order valence-electron chi connectivity index (χ2n) is 4.87. The van der Waals surface area contributed by atoms with Crippen LogP contribution in [0.3, 0.4) is 0 Å². The Morgan fingerprint density at radius 2 is 1.78 bits per heavy atom. The Hall–Kier alpha value is -2.69. The van der Waals surface area contributed by atoms with Gasteiger partial charge in [-0.25, -0.2) is 0 Å². The van der Waals surface area contributed by atoms with Gasteiger partial charge in [0, 0.05) is 19.7 Å². The van der Waals surface area contributed by atoms with Gasteiger partial charge in [-0.15, -0.1) is 0 Å². The maximum atomic E-state index is 5.68. The fourth-order valence-corrected chi connectivity index (χ4v) is 2.03. The van der Waals surface area contributed by atoms with Gasteiger partial charge in [-0.2, -0.15) is 0 Å². The summed E-state index contributed by atoms with van der Waals surface area (Å²) in [5.41, 5.74) is 1.21. The molecule has 2 aromatic carbocycles. The van der Waals surface area contributed by atoms with Crippen LogP contribution in [-0.2, 0) is 6.54 Å². The third kappa shape index (κ3) is 5.90. The average Bonchev–Trinajstić information content (AvgIpc) is 2.62. The molecule has 0 aliphatic heterocycles. The lowest BCUT2D eigenvalue weighted by Crippen LogP contribution is -2.38. The fraction of sp³-hybridized carbons (Fsp3) is 0.278. The number of rotatable bonds is 7. The van der Waals surface area contributed by atoms with Crippen molar-refractivity contribution in [1.82, 2.24) is 10.6 Å². The molecule has 2 N–H and O–H groups in total. The molecule has 0 radical (unpaired) electrons. The highest BCUT2D eigenvalue weighted by molar-refractivity contribution is 5.79. The molecule has 0 atom stereocenters. The number of hydrogen-bond donors (Lipinski definition) is 2. The van der Waals surface area contributed by atoms with Gasteiger partial charge in [-0.3, -0.25) is 4.99 Å². The van der Waals surface area contributed by atoms with E-state index in [1.54, 1.807) is 14.2 Å². The lowest BCUT2D eigenvalue weighted by molar-refractivity contribution is 0.319. The first-order valence-electron chi connectivity index (χ1n) is 7.57. The van der Waals surface area contributed by atoms with Crippen molar-refractivity contribution in [2.45, 2.75) is 6.54 Å². The molecule has 5 heteroatoms. The Labute approximate surface area is 137 Å². The number of benzene rings is 2. The summed E-state index contributed by atoms with van der Waals surface area (Å²) >= 11 is 0. The summed E-state index contributed by atoms with van der Waals surface area (Å²) in [5.74, 6) is 2.33. The second kappa shape index (κ2) is 9.35. The van der Waals surface area contributed by atoms with E-state index in [0.717, 1.165) is 24.0 Å². The lowest BCUT2D eigenvalue weighted by atomic mass is 10.2. The molecule has 0 amide bonds. The average molecular weight is 313 g/mol. The predicted molar refractivity (Wildman–Crippen MR) is 93.1 cm³/mol. The van der Waals surface area contributed by atoms with Crippen molar-refractivity contribution in [3.63, 3.8) is 0 Å². The summed E-state index contributed by atoms with van der Waals surface area (Å²) in [5, 5.41) is 6.49. The van der Waals surface area contributed by atoms with E-state index in [1.807, 2.05) is 42.5 Å². The molecule has 0 aromatic heterocycles. The fourth-order valence-electron chi connectivity index (χ4n) is 2.03. The van der Waals surface area contributed by atoms with Crippen LogP contribution in [0.5, 0.6) is 11.5 Å². The summed E-state index contributed by atoms with van der Waals surface area (Å²) in [4.78, 5) is 4.19. The third-order valence-corrected chi connectivity index (χ3v) is 3.23. The molecule has 0 saturated carbocycles. The lowest BCUT2D eigenvalue weighted by Gasteiger charge is -2.13. The molecule has 0 unspecified atom stereocenters. The highest BCUT2D eigenvalue weighted by Crippen LogP contribution is 2.18. The van der Waals surface area contributed by atoms with Gasteiger partial charge in [0.25, 0.3) is 0 Å². The zero-order valence-electron chi connectivity index (χ0n) is 13.6. The summed E-state index contributed by atoms with van der Waals surface area (Å²) in [6.45, 7) is 1.93. The number of guanidine groups is 1. The van der Waals surface area contributed by atoms with E-state index < -0.39 is 0 Å². The molecular formula is C18H23N3O2. The standard InChI is InChI=1S/C18H23N3O2/c1-19-18(21-14-15-7-4-3-5-8-15)20-11-12-23-17-10-6-9-16(13-17)22-2/h3-10,13H,11-12,14H2,1-2H3,(H2,19,20,21). The van der Waals surface area contributed by atoms with Crippen LogP contribution < -0.4 is 20.1 Å². The van der Waals surface area contributed by atoms with Gasteiger partial charge in [0.2, 0.25) is 0 Å². The Kier molecular flexibility index (Phi) is 6.78. The van der Waals surface area contributed by atoms with Gasteiger partial charge in [0.05, 0.1) is 13.7 Å². The van der Waals surface area contributed by atoms with Crippen LogP contribution in [0.2, 0.25) is 0 Å². The minimum Gasteiger partial charge on any atom is -0.497 e. The number of methoxy groups -OCH3 is 1. The van der Waals surface area contributed by atoms with Crippen molar-refractivity contribution in [2.75, 3.05) is 27.3 Å². The summed E-state index contributed by atoms with van der Waals surface area (Å²) in [6.07, 6.45) is 0. The molecule has 0 fully saturated rings. The molecular weight excluding hydrogens is 290 g/mol. The molecule has 2 aromatic rings. The van der Waals surface area contributed by atoms with Gasteiger partial charge >= 0.3 is 0 Å². The summed E-state index contributed by atoms with van der Waals surface area (Å²) in [6, 6.07) is 17.8. The number of hydrogen-bond acceptors (Lipinski definition) is 3. The molecule has 2 rings (SSSR count). The molecule has 23 heavy (non-hydrogen) atoms. The number of nitrogens with one attached hydrogen (secondary N) is 2. The van der Waals surface area contributed by atoms with Gasteiger partial charge in [-0.05, 0) is 17.7 Å². The van der Waals surface area contributed by atoms with Crippen molar-refractivity contribution in [3.05, 3.63) is 60.2 Å². The molecule has 0 saturated heterocycles. The van der Waals surface area contributed by atoms with Crippen LogP contribution in [0.15, 0.2) is 59.6 Å². The molecule has 0 aliphatic carbocycles. The Morgan fingerprint density at radius 1 is 1.00 bits per heavy atom. The maximum Gasteiger partial charge on any atom is 0.191 e. The van der Waals surface area contributed by atoms with Crippen LogP contribution in [0.4, 0.5) is 0 Å². The largest absolute Gasteiger partial charge is 0.497 e. The van der Waals surface area contributed by atoms with Crippen molar-refractivity contribution in [3.8, 4) is 11.5 Å². The highest BCUT2D eigenvalue weighted by atomic mass is 16.5. The Bertz CT molecular complexity index is 615. The van der Waals surface area contributed by atoms with Crippen molar-refractivity contribution in [2.24, 2.45) is 4.99 Å². The van der Waals surface area contributed by atoms with Crippen LogP contribution in [-0.4, -0.2) is 33.3 Å². The van der Waals surface area contributed by atoms with Gasteiger partial charge in [0.1, 0.15) is 18.1 Å². The van der Waals surface area contributed by atoms with E-state index >= 15 is 0 Å². The quantitative estimate of drug-likeness (QED) is 0.468. The van der Waals surface area contributed by atoms with E-state index in [1.165, 1.54) is 5.56 Å². The maximum absolute atomic E-state index is 5.68. The van der Waals surface area contributed by atoms with E-state index in [0.29, 0.717) is 13.2 Å². The Morgan fingerprint density at radius 3 is 2.52 bits per heavy atom. The van der Waals surface area contributed by atoms with E-state index in [2.05, 4.69) is 27.8 Å². The minimum atomic E-state index is 0.541. The number of ether oxygens (including phenoxy) is 2. The van der Waals surface area contributed by atoms with E-state index in [4.69, 9.17) is 9.47 Å². The first-order chi connectivity index (χ1) is 11.3. The van der Waals surface area contributed by atoms with Crippen LogP contribution in [0.25, 0.3) is 0 Å². The second-order valence-corrected chi connectivity index (χ2v) is 4.87.